The van der Waals surface area contributed by atoms with E-state index in [0.29, 0.717) is 32.1 Å². The first-order valence-electron chi connectivity index (χ1n) is 13.3. The van der Waals surface area contributed by atoms with Crippen LogP contribution in [0.1, 0.15) is 64.0 Å². The number of nitrogens with two attached hydrogens (primary N) is 1. The van der Waals surface area contributed by atoms with E-state index in [-0.39, 0.29) is 29.6 Å². The predicted molar refractivity (Wildman–Crippen MR) is 148 cm³/mol. The first-order chi connectivity index (χ1) is 18.2. The van der Waals surface area contributed by atoms with Crippen molar-refractivity contribution in [2.75, 3.05) is 7.11 Å². The van der Waals surface area contributed by atoms with Gasteiger partial charge in [-0.25, -0.2) is 9.79 Å². The molecular weight excluding hydrogens is 480 g/mol. The van der Waals surface area contributed by atoms with Crippen LogP contribution in [-0.2, 0) is 26.3 Å². The highest BCUT2D eigenvalue weighted by molar-refractivity contribution is 6.07. The highest BCUT2D eigenvalue weighted by Gasteiger charge is 2.50. The second kappa shape index (κ2) is 13.2. The van der Waals surface area contributed by atoms with E-state index in [1.54, 1.807) is 4.90 Å². The number of ether oxygens (including phenoxy) is 1. The van der Waals surface area contributed by atoms with E-state index in [1.165, 1.54) is 7.11 Å². The third kappa shape index (κ3) is 7.00. The normalized spacial score (nSPS) is 18.7. The van der Waals surface area contributed by atoms with Gasteiger partial charge in [-0.3, -0.25) is 14.5 Å². The molecular formula is C30H40N4O4. The minimum Gasteiger partial charge on any atom is -0.453 e. The number of unbranched alkanes of at least 4 members (excludes halogenated alkanes) is 1. The van der Waals surface area contributed by atoms with Gasteiger partial charge in [0.05, 0.1) is 13.2 Å². The van der Waals surface area contributed by atoms with Crippen molar-refractivity contribution in [1.29, 1.82) is 0 Å². The number of nitrogens with zero attached hydrogens (tertiary/aromatic N) is 2. The Bertz CT molecular complexity index is 1120. The van der Waals surface area contributed by atoms with Crippen molar-refractivity contribution in [3.05, 3.63) is 71.8 Å². The van der Waals surface area contributed by atoms with Crippen molar-refractivity contribution in [2.24, 2.45) is 16.6 Å². The number of carbonyl (C=O) groups is 3. The summed E-state index contributed by atoms with van der Waals surface area (Å²) >= 11 is 0. The smallest absolute Gasteiger partial charge is 0.407 e. The highest BCUT2D eigenvalue weighted by atomic mass is 16.5. The SMILES string of the molecule is COC(=O)N[C@@H](Cc1ccccc1)C(=O)CCCC[C@@H](C)N1C(=O)[C@@](CC(C)C)(c2ccccc2)N=C1N. The van der Waals surface area contributed by atoms with Crippen molar-refractivity contribution in [3.8, 4) is 0 Å². The molecule has 3 rings (SSSR count). The molecule has 0 saturated heterocycles. The number of guanidine groups is 1. The quantitative estimate of drug-likeness (QED) is 0.376. The van der Waals surface area contributed by atoms with Crippen LogP contribution < -0.4 is 11.1 Å². The van der Waals surface area contributed by atoms with Gasteiger partial charge in [0.2, 0.25) is 0 Å². The van der Waals surface area contributed by atoms with E-state index in [1.807, 2.05) is 67.6 Å². The number of rotatable bonds is 13. The molecule has 38 heavy (non-hydrogen) atoms. The number of Topliss-reactive ketones (excluding diaryl/α,β-unsaturated/α-hetero) is 1. The van der Waals surface area contributed by atoms with Crippen LogP contribution in [0.3, 0.4) is 0 Å². The summed E-state index contributed by atoms with van der Waals surface area (Å²) in [4.78, 5) is 44.9. The Morgan fingerprint density at radius 1 is 1.03 bits per heavy atom. The topological polar surface area (TPSA) is 114 Å². The fourth-order valence-corrected chi connectivity index (χ4v) is 5.11. The number of alkyl carbamates (subject to hydrolysis) is 1. The predicted octanol–water partition coefficient (Wildman–Crippen LogP) is 4.57. The summed E-state index contributed by atoms with van der Waals surface area (Å²) < 4.78 is 4.71. The number of methoxy groups -OCH3 is 1. The minimum atomic E-state index is -1.01. The molecule has 2 aromatic carbocycles. The average molecular weight is 521 g/mol. The fraction of sp³-hybridized carbons (Fsp3) is 0.467. The molecule has 204 valence electrons. The van der Waals surface area contributed by atoms with Crippen LogP contribution in [0.15, 0.2) is 65.7 Å². The number of benzene rings is 2. The molecule has 3 N–H and O–H groups in total. The summed E-state index contributed by atoms with van der Waals surface area (Å²) in [5.41, 5.74) is 7.14. The van der Waals surface area contributed by atoms with Gasteiger partial charge in [-0.1, -0.05) is 80.9 Å². The minimum absolute atomic E-state index is 0.0507. The van der Waals surface area contributed by atoms with Crippen molar-refractivity contribution in [3.63, 3.8) is 0 Å². The van der Waals surface area contributed by atoms with Gasteiger partial charge >= 0.3 is 6.09 Å². The molecule has 2 amide bonds. The Hall–Kier alpha value is -3.68. The van der Waals surface area contributed by atoms with Gasteiger partial charge in [-0.2, -0.15) is 0 Å². The molecule has 1 aliphatic heterocycles. The molecule has 8 nitrogen and oxygen atoms in total. The van der Waals surface area contributed by atoms with Crippen molar-refractivity contribution in [2.45, 2.75) is 76.9 Å². The molecule has 8 heteroatoms. The van der Waals surface area contributed by atoms with Gasteiger partial charge < -0.3 is 15.8 Å². The number of ketones is 1. The largest absolute Gasteiger partial charge is 0.453 e. The number of nitrogens with one attached hydrogen (secondary N) is 1. The fourth-order valence-electron chi connectivity index (χ4n) is 5.11. The van der Waals surface area contributed by atoms with E-state index in [9.17, 15) is 14.4 Å². The molecule has 0 spiro atoms. The maximum absolute atomic E-state index is 13.8. The number of carbonyl (C=O) groups excluding carboxylic acids is 3. The Kier molecular flexibility index (Phi) is 10.0. The molecule has 0 fully saturated rings. The second-order valence-electron chi connectivity index (χ2n) is 10.4. The monoisotopic (exact) mass is 520 g/mol. The Labute approximate surface area is 225 Å². The molecule has 0 bridgehead atoms. The van der Waals surface area contributed by atoms with Crippen molar-refractivity contribution >= 4 is 23.7 Å². The number of hydrogen-bond donors (Lipinski definition) is 2. The molecule has 0 aliphatic carbocycles. The lowest BCUT2D eigenvalue weighted by atomic mass is 9.82. The number of hydrogen-bond acceptors (Lipinski definition) is 6. The Morgan fingerprint density at radius 3 is 2.26 bits per heavy atom. The lowest BCUT2D eigenvalue weighted by molar-refractivity contribution is -0.133. The molecule has 1 aliphatic rings. The van der Waals surface area contributed by atoms with Gasteiger partial charge in [0.1, 0.15) is 0 Å². The highest BCUT2D eigenvalue weighted by Crippen LogP contribution is 2.39. The second-order valence-corrected chi connectivity index (χ2v) is 10.4. The van der Waals surface area contributed by atoms with Crippen LogP contribution in [0.2, 0.25) is 0 Å². The zero-order valence-corrected chi connectivity index (χ0v) is 22.9. The van der Waals surface area contributed by atoms with Crippen LogP contribution in [-0.4, -0.2) is 47.8 Å². The van der Waals surface area contributed by atoms with E-state index >= 15 is 0 Å². The average Bonchev–Trinajstić information content (AvgIpc) is 3.16. The van der Waals surface area contributed by atoms with Crippen molar-refractivity contribution < 1.29 is 19.1 Å². The third-order valence-corrected chi connectivity index (χ3v) is 6.96. The maximum Gasteiger partial charge on any atom is 0.407 e. The lowest BCUT2D eigenvalue weighted by Crippen LogP contribution is -2.48. The van der Waals surface area contributed by atoms with Crippen LogP contribution >= 0.6 is 0 Å². The Balaban J connectivity index is 1.60. The van der Waals surface area contributed by atoms with E-state index in [2.05, 4.69) is 19.2 Å². The van der Waals surface area contributed by atoms with Gasteiger partial charge in [0, 0.05) is 12.5 Å². The van der Waals surface area contributed by atoms with Crippen LogP contribution in [0.5, 0.6) is 0 Å². The van der Waals surface area contributed by atoms with Crippen LogP contribution in [0.25, 0.3) is 0 Å². The summed E-state index contributed by atoms with van der Waals surface area (Å²) in [5, 5.41) is 2.67. The molecule has 1 heterocycles. The molecule has 0 aromatic heterocycles. The summed E-state index contributed by atoms with van der Waals surface area (Å²) in [7, 11) is 1.28. The molecule has 2 aromatic rings. The number of aliphatic imine (C=N–C) groups is 1. The zero-order chi connectivity index (χ0) is 27.7. The van der Waals surface area contributed by atoms with Gasteiger partial charge in [0.25, 0.3) is 5.91 Å². The van der Waals surface area contributed by atoms with E-state index in [0.717, 1.165) is 17.5 Å². The summed E-state index contributed by atoms with van der Waals surface area (Å²) in [6, 6.07) is 18.4. The molecule has 0 saturated carbocycles. The van der Waals surface area contributed by atoms with E-state index in [4.69, 9.17) is 15.5 Å². The summed E-state index contributed by atoms with van der Waals surface area (Å²) in [6.07, 6.45) is 2.69. The van der Waals surface area contributed by atoms with Gasteiger partial charge in [-0.05, 0) is 49.7 Å². The lowest BCUT2D eigenvalue weighted by Gasteiger charge is -2.30. The first-order valence-corrected chi connectivity index (χ1v) is 13.3. The van der Waals surface area contributed by atoms with Crippen molar-refractivity contribution in [1.82, 2.24) is 10.2 Å². The Morgan fingerprint density at radius 2 is 1.66 bits per heavy atom. The first kappa shape index (κ1) is 28.9. The maximum atomic E-state index is 13.8. The summed E-state index contributed by atoms with van der Waals surface area (Å²) in [5.74, 6) is 0.349. The molecule has 0 unspecified atom stereocenters. The molecule has 0 radical (unpaired) electrons. The van der Waals surface area contributed by atoms with Gasteiger partial charge in [-0.15, -0.1) is 0 Å². The van der Waals surface area contributed by atoms with Crippen LogP contribution in [0, 0.1) is 5.92 Å². The van der Waals surface area contributed by atoms with Gasteiger partial charge in [0.15, 0.2) is 17.3 Å². The standard InChI is InChI=1S/C30H40N4O4/c1-21(2)20-30(24-16-9-6-10-17-24)27(36)34(28(31)33-30)22(3)13-11-12-18-26(35)25(32-29(37)38-4)19-23-14-7-5-8-15-23/h5-10,14-17,21-22,25H,11-13,18-20H2,1-4H3,(H2,31,33)(H,32,37)/t22-,25+,30-/m1/s1. The summed E-state index contributed by atoms with van der Waals surface area (Å²) in [6.45, 7) is 6.12. The van der Waals surface area contributed by atoms with Crippen LogP contribution in [0.4, 0.5) is 4.79 Å². The van der Waals surface area contributed by atoms with E-state index < -0.39 is 17.7 Å². The third-order valence-electron chi connectivity index (χ3n) is 6.96. The molecule has 3 atom stereocenters. The number of amides is 2. The zero-order valence-electron chi connectivity index (χ0n) is 22.9.